The quantitative estimate of drug-likeness (QED) is 0.775. The number of nitrogens with zero attached hydrogens (tertiary/aromatic N) is 1. The zero-order valence-electron chi connectivity index (χ0n) is 9.83. The molecule has 0 aromatic carbocycles. The highest BCUT2D eigenvalue weighted by Gasteiger charge is 2.26. The SMILES string of the molecule is CCCCC(CC)(CN)Cc1cscn1. The molecule has 2 N–H and O–H groups in total. The summed E-state index contributed by atoms with van der Waals surface area (Å²) >= 11 is 1.67. The molecule has 0 aliphatic carbocycles. The third-order valence-electron chi connectivity index (χ3n) is 3.28. The van der Waals surface area contributed by atoms with Gasteiger partial charge < -0.3 is 5.73 Å². The van der Waals surface area contributed by atoms with Crippen molar-refractivity contribution >= 4 is 11.3 Å². The first-order chi connectivity index (χ1) is 7.26. The summed E-state index contributed by atoms with van der Waals surface area (Å²) < 4.78 is 0. The fraction of sp³-hybridized carbons (Fsp3) is 0.750. The summed E-state index contributed by atoms with van der Waals surface area (Å²) in [6.07, 6.45) is 5.95. The highest BCUT2D eigenvalue weighted by molar-refractivity contribution is 7.07. The van der Waals surface area contributed by atoms with Crippen LogP contribution in [0.4, 0.5) is 0 Å². The molecule has 1 unspecified atom stereocenters. The Kier molecular flexibility index (Phi) is 5.26. The van der Waals surface area contributed by atoms with Crippen molar-refractivity contribution in [3.63, 3.8) is 0 Å². The van der Waals surface area contributed by atoms with Gasteiger partial charge in [-0.1, -0.05) is 26.7 Å². The second-order valence-electron chi connectivity index (χ2n) is 4.32. The smallest absolute Gasteiger partial charge is 0.0794 e. The Bertz CT molecular complexity index is 253. The molecular weight excluding hydrogens is 204 g/mol. The van der Waals surface area contributed by atoms with Gasteiger partial charge in [0, 0.05) is 5.38 Å². The van der Waals surface area contributed by atoms with Gasteiger partial charge in [-0.25, -0.2) is 4.98 Å². The van der Waals surface area contributed by atoms with E-state index in [9.17, 15) is 0 Å². The van der Waals surface area contributed by atoms with Crippen molar-refractivity contribution in [2.75, 3.05) is 6.54 Å². The molecule has 0 aliphatic heterocycles. The van der Waals surface area contributed by atoms with Crippen LogP contribution in [-0.4, -0.2) is 11.5 Å². The van der Waals surface area contributed by atoms with E-state index in [1.807, 2.05) is 5.51 Å². The predicted octanol–water partition coefficient (Wildman–Crippen LogP) is 3.23. The zero-order valence-corrected chi connectivity index (χ0v) is 10.6. The number of thiazole rings is 1. The van der Waals surface area contributed by atoms with Gasteiger partial charge in [-0.05, 0) is 31.2 Å². The van der Waals surface area contributed by atoms with E-state index in [1.165, 1.54) is 25.0 Å². The molecule has 15 heavy (non-hydrogen) atoms. The number of nitrogens with two attached hydrogens (primary N) is 1. The lowest BCUT2D eigenvalue weighted by Gasteiger charge is -2.30. The zero-order chi connectivity index (χ0) is 11.1. The summed E-state index contributed by atoms with van der Waals surface area (Å²) in [4.78, 5) is 4.37. The van der Waals surface area contributed by atoms with Crippen LogP contribution in [0, 0.1) is 5.41 Å². The van der Waals surface area contributed by atoms with E-state index >= 15 is 0 Å². The monoisotopic (exact) mass is 226 g/mol. The van der Waals surface area contributed by atoms with Crippen molar-refractivity contribution in [2.24, 2.45) is 11.1 Å². The van der Waals surface area contributed by atoms with Gasteiger partial charge in [-0.3, -0.25) is 0 Å². The molecular formula is C12H22N2S. The van der Waals surface area contributed by atoms with Crippen LogP contribution in [0.5, 0.6) is 0 Å². The van der Waals surface area contributed by atoms with Gasteiger partial charge in [0.15, 0.2) is 0 Å². The highest BCUT2D eigenvalue weighted by Crippen LogP contribution is 2.31. The Morgan fingerprint density at radius 1 is 1.47 bits per heavy atom. The molecule has 1 heterocycles. The van der Waals surface area contributed by atoms with Crippen molar-refractivity contribution in [3.05, 3.63) is 16.6 Å². The molecule has 0 saturated heterocycles. The third-order valence-corrected chi connectivity index (χ3v) is 3.92. The average Bonchev–Trinajstić information content (AvgIpc) is 2.77. The Hall–Kier alpha value is -0.410. The van der Waals surface area contributed by atoms with Crippen LogP contribution in [0.25, 0.3) is 0 Å². The Morgan fingerprint density at radius 2 is 2.27 bits per heavy atom. The number of rotatable bonds is 7. The Morgan fingerprint density at radius 3 is 2.73 bits per heavy atom. The standard InChI is InChI=1S/C12H22N2S/c1-3-5-6-12(4-2,9-13)7-11-8-15-10-14-11/h8,10H,3-7,9,13H2,1-2H3. The fourth-order valence-corrected chi connectivity index (χ4v) is 2.53. The summed E-state index contributed by atoms with van der Waals surface area (Å²) in [5.74, 6) is 0. The molecule has 0 aliphatic rings. The van der Waals surface area contributed by atoms with Crippen LogP contribution in [0.15, 0.2) is 10.9 Å². The molecule has 86 valence electrons. The van der Waals surface area contributed by atoms with Crippen molar-refractivity contribution in [2.45, 2.75) is 46.0 Å². The summed E-state index contributed by atoms with van der Waals surface area (Å²) in [6, 6.07) is 0. The highest BCUT2D eigenvalue weighted by atomic mass is 32.1. The maximum absolute atomic E-state index is 5.95. The first-order valence-corrected chi connectivity index (χ1v) is 6.77. The van der Waals surface area contributed by atoms with Crippen molar-refractivity contribution in [3.8, 4) is 0 Å². The van der Waals surface area contributed by atoms with Crippen molar-refractivity contribution in [1.29, 1.82) is 0 Å². The van der Waals surface area contributed by atoms with Gasteiger partial charge in [-0.15, -0.1) is 11.3 Å². The molecule has 1 atom stereocenters. The summed E-state index contributed by atoms with van der Waals surface area (Å²) in [5.41, 5.74) is 9.35. The molecule has 0 fully saturated rings. The fourth-order valence-electron chi connectivity index (χ4n) is 1.97. The lowest BCUT2D eigenvalue weighted by Crippen LogP contribution is -2.32. The van der Waals surface area contributed by atoms with E-state index < -0.39 is 0 Å². The first kappa shape index (κ1) is 12.7. The minimum Gasteiger partial charge on any atom is -0.330 e. The normalized spacial score (nSPS) is 15.1. The minimum atomic E-state index is 0.282. The van der Waals surface area contributed by atoms with Crippen LogP contribution in [0.3, 0.4) is 0 Å². The van der Waals surface area contributed by atoms with Gasteiger partial charge in [-0.2, -0.15) is 0 Å². The second kappa shape index (κ2) is 6.23. The van der Waals surface area contributed by atoms with Gasteiger partial charge >= 0.3 is 0 Å². The molecule has 0 bridgehead atoms. The second-order valence-corrected chi connectivity index (χ2v) is 5.04. The molecule has 1 rings (SSSR count). The van der Waals surface area contributed by atoms with Crippen LogP contribution in [0.2, 0.25) is 0 Å². The minimum absolute atomic E-state index is 0.282. The number of aromatic nitrogens is 1. The van der Waals surface area contributed by atoms with Gasteiger partial charge in [0.1, 0.15) is 0 Å². The van der Waals surface area contributed by atoms with Crippen molar-refractivity contribution < 1.29 is 0 Å². The van der Waals surface area contributed by atoms with Crippen LogP contribution < -0.4 is 5.73 Å². The van der Waals surface area contributed by atoms with E-state index in [0.717, 1.165) is 19.4 Å². The summed E-state index contributed by atoms with van der Waals surface area (Å²) in [5, 5.41) is 2.14. The van der Waals surface area contributed by atoms with E-state index in [-0.39, 0.29) is 5.41 Å². The molecule has 0 radical (unpaired) electrons. The molecule has 1 aromatic rings. The molecule has 0 spiro atoms. The molecule has 2 nitrogen and oxygen atoms in total. The lowest BCUT2D eigenvalue weighted by molar-refractivity contribution is 0.249. The van der Waals surface area contributed by atoms with E-state index in [1.54, 1.807) is 11.3 Å². The topological polar surface area (TPSA) is 38.9 Å². The molecule has 0 amide bonds. The Labute approximate surface area is 96.9 Å². The summed E-state index contributed by atoms with van der Waals surface area (Å²) in [6.45, 7) is 5.26. The van der Waals surface area contributed by atoms with E-state index in [2.05, 4.69) is 24.2 Å². The van der Waals surface area contributed by atoms with Crippen LogP contribution in [0.1, 0.15) is 45.2 Å². The first-order valence-electron chi connectivity index (χ1n) is 5.83. The van der Waals surface area contributed by atoms with Gasteiger partial charge in [0.2, 0.25) is 0 Å². The van der Waals surface area contributed by atoms with Crippen LogP contribution >= 0.6 is 11.3 Å². The lowest BCUT2D eigenvalue weighted by atomic mass is 9.76. The summed E-state index contributed by atoms with van der Waals surface area (Å²) in [7, 11) is 0. The largest absolute Gasteiger partial charge is 0.330 e. The van der Waals surface area contributed by atoms with E-state index in [0.29, 0.717) is 0 Å². The van der Waals surface area contributed by atoms with E-state index in [4.69, 9.17) is 5.73 Å². The number of hydrogen-bond acceptors (Lipinski definition) is 3. The maximum Gasteiger partial charge on any atom is 0.0794 e. The maximum atomic E-state index is 5.95. The predicted molar refractivity (Wildman–Crippen MR) is 67.1 cm³/mol. The molecule has 3 heteroatoms. The van der Waals surface area contributed by atoms with Gasteiger partial charge in [0.05, 0.1) is 11.2 Å². The van der Waals surface area contributed by atoms with Crippen molar-refractivity contribution in [1.82, 2.24) is 4.98 Å². The van der Waals surface area contributed by atoms with Gasteiger partial charge in [0.25, 0.3) is 0 Å². The Balaban J connectivity index is 2.63. The molecule has 1 aromatic heterocycles. The number of hydrogen-bond donors (Lipinski definition) is 1. The number of unbranched alkanes of at least 4 members (excludes halogenated alkanes) is 1. The average molecular weight is 226 g/mol. The third kappa shape index (κ3) is 3.58. The van der Waals surface area contributed by atoms with Crippen LogP contribution in [-0.2, 0) is 6.42 Å². The molecule has 0 saturated carbocycles.